The molecule has 0 saturated heterocycles. The fourth-order valence-electron chi connectivity index (χ4n) is 3.25. The molecule has 0 aliphatic carbocycles. The number of para-hydroxylation sites is 2. The van der Waals surface area contributed by atoms with Crippen LogP contribution in [-0.4, -0.2) is 20.8 Å². The number of aliphatic hydroxyl groups is 1. The van der Waals surface area contributed by atoms with Gasteiger partial charge in [0.05, 0.1) is 30.3 Å². The smallest absolute Gasteiger partial charge is 0.203 e. The van der Waals surface area contributed by atoms with Crippen molar-refractivity contribution in [1.29, 1.82) is 5.41 Å². The SMILES string of the molecule is CCCCn1c(=N)n(C[C@H](O)c2ccc(OCC)cc2)c2ccccc21. The zero-order valence-electron chi connectivity index (χ0n) is 15.5. The highest BCUT2D eigenvalue weighted by molar-refractivity contribution is 5.75. The summed E-state index contributed by atoms with van der Waals surface area (Å²) >= 11 is 0. The predicted octanol–water partition coefficient (Wildman–Crippen LogP) is 3.85. The summed E-state index contributed by atoms with van der Waals surface area (Å²) in [4.78, 5) is 0. The number of benzene rings is 2. The van der Waals surface area contributed by atoms with Gasteiger partial charge in [0.2, 0.25) is 5.62 Å². The average molecular weight is 353 g/mol. The van der Waals surface area contributed by atoms with Crippen LogP contribution in [0.4, 0.5) is 0 Å². The van der Waals surface area contributed by atoms with Gasteiger partial charge in [-0.15, -0.1) is 0 Å². The molecule has 1 aromatic heterocycles. The van der Waals surface area contributed by atoms with E-state index < -0.39 is 6.10 Å². The van der Waals surface area contributed by atoms with E-state index in [4.69, 9.17) is 10.1 Å². The first-order chi connectivity index (χ1) is 12.7. The molecule has 0 unspecified atom stereocenters. The third-order valence-corrected chi connectivity index (χ3v) is 4.64. The fraction of sp³-hybridized carbons (Fsp3) is 0.381. The van der Waals surface area contributed by atoms with E-state index in [9.17, 15) is 5.11 Å². The normalized spacial score (nSPS) is 12.4. The number of hydrogen-bond donors (Lipinski definition) is 2. The van der Waals surface area contributed by atoms with E-state index in [1.165, 1.54) is 0 Å². The molecule has 3 rings (SSSR count). The Morgan fingerprint density at radius 2 is 1.65 bits per heavy atom. The van der Waals surface area contributed by atoms with Crippen LogP contribution >= 0.6 is 0 Å². The number of rotatable bonds is 8. The Morgan fingerprint density at radius 1 is 1.00 bits per heavy atom. The van der Waals surface area contributed by atoms with Gasteiger partial charge in [0.1, 0.15) is 5.75 Å². The molecule has 5 heteroatoms. The maximum Gasteiger partial charge on any atom is 0.203 e. The van der Waals surface area contributed by atoms with Crippen molar-refractivity contribution in [3.05, 3.63) is 59.7 Å². The zero-order valence-corrected chi connectivity index (χ0v) is 15.5. The summed E-state index contributed by atoms with van der Waals surface area (Å²) in [6, 6.07) is 15.6. The van der Waals surface area contributed by atoms with Crippen molar-refractivity contribution in [2.24, 2.45) is 0 Å². The lowest BCUT2D eigenvalue weighted by molar-refractivity contribution is 0.155. The number of nitrogens with one attached hydrogen (secondary N) is 1. The first kappa shape index (κ1) is 18.3. The molecule has 0 aliphatic rings. The minimum Gasteiger partial charge on any atom is -0.494 e. The number of fused-ring (bicyclic) bond motifs is 1. The van der Waals surface area contributed by atoms with Gasteiger partial charge in [-0.25, -0.2) is 0 Å². The predicted molar refractivity (Wildman–Crippen MR) is 103 cm³/mol. The van der Waals surface area contributed by atoms with Crippen LogP contribution in [0.25, 0.3) is 11.0 Å². The van der Waals surface area contributed by atoms with Gasteiger partial charge < -0.3 is 19.0 Å². The zero-order chi connectivity index (χ0) is 18.5. The summed E-state index contributed by atoms with van der Waals surface area (Å²) in [5, 5.41) is 19.3. The molecule has 3 aromatic rings. The molecular weight excluding hydrogens is 326 g/mol. The maximum atomic E-state index is 10.7. The minimum atomic E-state index is -0.676. The molecule has 0 spiro atoms. The van der Waals surface area contributed by atoms with Gasteiger partial charge in [0.15, 0.2) is 0 Å². The summed E-state index contributed by atoms with van der Waals surface area (Å²) < 4.78 is 9.38. The van der Waals surface area contributed by atoms with E-state index in [2.05, 4.69) is 6.92 Å². The highest BCUT2D eigenvalue weighted by Crippen LogP contribution is 2.21. The minimum absolute atomic E-state index is 0.354. The number of aliphatic hydroxyl groups excluding tert-OH is 1. The fourth-order valence-corrected chi connectivity index (χ4v) is 3.25. The number of unbranched alkanes of at least 4 members (excludes halogenated alkanes) is 1. The Hall–Kier alpha value is -2.53. The Labute approximate surface area is 154 Å². The van der Waals surface area contributed by atoms with E-state index in [1.807, 2.05) is 64.6 Å². The molecule has 26 heavy (non-hydrogen) atoms. The standard InChI is InChI=1S/C21H27N3O2/c1-3-5-14-23-18-8-6-7-9-19(18)24(21(23)22)15-20(25)16-10-12-17(13-11-16)26-4-2/h6-13,20,22,25H,3-5,14-15H2,1-2H3/t20-/m0/s1. The van der Waals surface area contributed by atoms with Crippen LogP contribution < -0.4 is 10.4 Å². The Balaban J connectivity index is 1.90. The number of aryl methyl sites for hydroxylation is 1. The largest absolute Gasteiger partial charge is 0.494 e. The van der Waals surface area contributed by atoms with E-state index in [-0.39, 0.29) is 0 Å². The van der Waals surface area contributed by atoms with Gasteiger partial charge in [-0.1, -0.05) is 37.6 Å². The molecule has 1 atom stereocenters. The Morgan fingerprint density at radius 3 is 2.27 bits per heavy atom. The second kappa shape index (κ2) is 8.23. The molecule has 0 radical (unpaired) electrons. The van der Waals surface area contributed by atoms with E-state index in [0.717, 1.165) is 41.7 Å². The van der Waals surface area contributed by atoms with Crippen LogP contribution in [0.1, 0.15) is 38.4 Å². The number of imidazole rings is 1. The molecule has 0 amide bonds. The number of hydrogen-bond acceptors (Lipinski definition) is 3. The van der Waals surface area contributed by atoms with Crippen molar-refractivity contribution in [2.75, 3.05) is 6.61 Å². The lowest BCUT2D eigenvalue weighted by atomic mass is 10.1. The van der Waals surface area contributed by atoms with Crippen molar-refractivity contribution in [3.8, 4) is 5.75 Å². The van der Waals surface area contributed by atoms with Crippen molar-refractivity contribution >= 4 is 11.0 Å². The Bertz CT molecular complexity index is 909. The topological polar surface area (TPSA) is 63.2 Å². The van der Waals surface area contributed by atoms with Crippen LogP contribution in [0, 0.1) is 5.41 Å². The Kier molecular flexibility index (Phi) is 5.78. The van der Waals surface area contributed by atoms with Crippen molar-refractivity contribution in [1.82, 2.24) is 9.13 Å². The first-order valence-corrected chi connectivity index (χ1v) is 9.29. The number of aromatic nitrogens is 2. The third-order valence-electron chi connectivity index (χ3n) is 4.64. The second-order valence-electron chi connectivity index (χ2n) is 6.45. The van der Waals surface area contributed by atoms with Gasteiger partial charge in [-0.3, -0.25) is 5.41 Å². The first-order valence-electron chi connectivity index (χ1n) is 9.29. The average Bonchev–Trinajstić information content (AvgIpc) is 2.92. The van der Waals surface area contributed by atoms with Crippen LogP contribution in [-0.2, 0) is 13.1 Å². The molecule has 1 heterocycles. The summed E-state index contributed by atoms with van der Waals surface area (Å²) in [5.74, 6) is 0.799. The van der Waals surface area contributed by atoms with Gasteiger partial charge in [0.25, 0.3) is 0 Å². The molecular formula is C21H27N3O2. The third kappa shape index (κ3) is 3.68. The molecule has 5 nitrogen and oxygen atoms in total. The van der Waals surface area contributed by atoms with Gasteiger partial charge >= 0.3 is 0 Å². The van der Waals surface area contributed by atoms with Crippen molar-refractivity contribution < 1.29 is 9.84 Å². The van der Waals surface area contributed by atoms with Crippen LogP contribution in [0.3, 0.4) is 0 Å². The van der Waals surface area contributed by atoms with Crippen LogP contribution in [0.2, 0.25) is 0 Å². The number of nitrogens with zero attached hydrogens (tertiary/aromatic N) is 2. The number of ether oxygens (including phenoxy) is 1. The van der Waals surface area contributed by atoms with Crippen LogP contribution in [0.5, 0.6) is 5.75 Å². The van der Waals surface area contributed by atoms with E-state index in [1.54, 1.807) is 0 Å². The molecule has 0 saturated carbocycles. The molecule has 0 aliphatic heterocycles. The summed E-state index contributed by atoms with van der Waals surface area (Å²) in [5.41, 5.74) is 3.29. The monoisotopic (exact) mass is 353 g/mol. The quantitative estimate of drug-likeness (QED) is 0.646. The van der Waals surface area contributed by atoms with E-state index >= 15 is 0 Å². The lowest BCUT2D eigenvalue weighted by Gasteiger charge is -2.13. The lowest BCUT2D eigenvalue weighted by Crippen LogP contribution is -2.26. The summed E-state index contributed by atoms with van der Waals surface area (Å²) in [6.45, 7) is 5.90. The van der Waals surface area contributed by atoms with Gasteiger partial charge in [-0.2, -0.15) is 0 Å². The highest BCUT2D eigenvalue weighted by Gasteiger charge is 2.15. The van der Waals surface area contributed by atoms with Gasteiger partial charge in [0, 0.05) is 6.54 Å². The molecule has 2 N–H and O–H groups in total. The second-order valence-corrected chi connectivity index (χ2v) is 6.45. The molecule has 0 bridgehead atoms. The van der Waals surface area contributed by atoms with Crippen molar-refractivity contribution in [2.45, 2.75) is 45.9 Å². The molecule has 2 aromatic carbocycles. The van der Waals surface area contributed by atoms with Crippen LogP contribution in [0.15, 0.2) is 48.5 Å². The highest BCUT2D eigenvalue weighted by atomic mass is 16.5. The maximum absolute atomic E-state index is 10.7. The van der Waals surface area contributed by atoms with Crippen molar-refractivity contribution in [3.63, 3.8) is 0 Å². The molecule has 0 fully saturated rings. The molecule has 138 valence electrons. The summed E-state index contributed by atoms with van der Waals surface area (Å²) in [6.07, 6.45) is 1.44. The summed E-state index contributed by atoms with van der Waals surface area (Å²) in [7, 11) is 0. The van der Waals surface area contributed by atoms with E-state index in [0.29, 0.717) is 18.8 Å². The van der Waals surface area contributed by atoms with Gasteiger partial charge in [-0.05, 0) is 43.2 Å².